The summed E-state index contributed by atoms with van der Waals surface area (Å²) in [7, 11) is 0. The molecule has 1 aliphatic carbocycles. The molecule has 7 heteroatoms. The molecule has 0 spiro atoms. The van der Waals surface area contributed by atoms with Crippen molar-refractivity contribution in [1.29, 1.82) is 0 Å². The smallest absolute Gasteiger partial charge is 0.277 e. The Hall–Kier alpha value is -2.25. The number of rotatable bonds is 7. The molecule has 4 rings (SSSR count). The maximum atomic E-state index is 12.6. The number of benzene rings is 2. The summed E-state index contributed by atoms with van der Waals surface area (Å²) in [6.45, 7) is 1.84. The van der Waals surface area contributed by atoms with Gasteiger partial charge in [-0.15, -0.1) is 10.2 Å². The third-order valence-electron chi connectivity index (χ3n) is 4.11. The predicted molar refractivity (Wildman–Crippen MR) is 107 cm³/mol. The van der Waals surface area contributed by atoms with Crippen LogP contribution >= 0.6 is 23.5 Å². The van der Waals surface area contributed by atoms with Gasteiger partial charge in [0.15, 0.2) is 0 Å². The lowest BCUT2D eigenvalue weighted by Gasteiger charge is -2.13. The van der Waals surface area contributed by atoms with Crippen molar-refractivity contribution in [3.8, 4) is 0 Å². The van der Waals surface area contributed by atoms with Crippen molar-refractivity contribution in [2.75, 3.05) is 5.32 Å². The lowest BCUT2D eigenvalue weighted by Crippen LogP contribution is -2.22. The number of para-hydroxylation sites is 1. The Bertz CT molecular complexity index is 926. The molecule has 27 heavy (non-hydrogen) atoms. The van der Waals surface area contributed by atoms with Crippen molar-refractivity contribution in [2.45, 2.75) is 45.9 Å². The molecule has 1 fully saturated rings. The molecule has 1 heterocycles. The first-order valence-corrected chi connectivity index (χ1v) is 10.5. The zero-order chi connectivity index (χ0) is 18.6. The van der Waals surface area contributed by atoms with Crippen LogP contribution in [0.5, 0.6) is 0 Å². The molecule has 5 nitrogen and oxygen atoms in total. The van der Waals surface area contributed by atoms with Crippen molar-refractivity contribution in [3.05, 3.63) is 60.5 Å². The summed E-state index contributed by atoms with van der Waals surface area (Å²) >= 11 is 2.91. The van der Waals surface area contributed by atoms with E-state index in [0.29, 0.717) is 17.0 Å². The molecule has 0 saturated heterocycles. The van der Waals surface area contributed by atoms with E-state index in [4.69, 9.17) is 4.42 Å². The van der Waals surface area contributed by atoms with Crippen LogP contribution in [0.2, 0.25) is 0 Å². The molecule has 1 saturated carbocycles. The number of aromatic nitrogens is 2. The number of nitrogens with zero attached hydrogens (tertiary/aromatic N) is 2. The molecule has 1 atom stereocenters. The molecule has 1 N–H and O–H groups in total. The van der Waals surface area contributed by atoms with Gasteiger partial charge >= 0.3 is 0 Å². The van der Waals surface area contributed by atoms with E-state index in [1.165, 1.54) is 11.8 Å². The average molecular weight is 398 g/mol. The fraction of sp³-hybridized carbons (Fsp3) is 0.250. The van der Waals surface area contributed by atoms with Crippen LogP contribution in [0.15, 0.2) is 74.0 Å². The summed E-state index contributed by atoms with van der Waals surface area (Å²) in [5.74, 6) is 1.01. The summed E-state index contributed by atoms with van der Waals surface area (Å²) in [5, 5.41) is 11.2. The molecule has 138 valence electrons. The van der Waals surface area contributed by atoms with E-state index in [1.807, 2.05) is 49.4 Å². The van der Waals surface area contributed by atoms with Crippen LogP contribution in [0.1, 0.15) is 31.6 Å². The second-order valence-electron chi connectivity index (χ2n) is 6.34. The minimum Gasteiger partial charge on any atom is -0.416 e. The summed E-state index contributed by atoms with van der Waals surface area (Å²) in [5.41, 5.74) is 0.799. The fourth-order valence-corrected chi connectivity index (χ4v) is 4.09. The van der Waals surface area contributed by atoms with Gasteiger partial charge < -0.3 is 9.73 Å². The highest BCUT2D eigenvalue weighted by molar-refractivity contribution is 8.00. The Labute approximate surface area is 166 Å². The topological polar surface area (TPSA) is 68.0 Å². The number of amides is 1. The van der Waals surface area contributed by atoms with Crippen LogP contribution in [0.25, 0.3) is 0 Å². The van der Waals surface area contributed by atoms with Crippen molar-refractivity contribution in [3.63, 3.8) is 0 Å². The van der Waals surface area contributed by atoms with Gasteiger partial charge in [0.05, 0.1) is 10.9 Å². The maximum absolute atomic E-state index is 12.6. The van der Waals surface area contributed by atoms with Crippen molar-refractivity contribution in [2.24, 2.45) is 0 Å². The first-order chi connectivity index (χ1) is 13.2. The highest BCUT2D eigenvalue weighted by atomic mass is 32.2. The van der Waals surface area contributed by atoms with Gasteiger partial charge in [-0.3, -0.25) is 4.79 Å². The molecule has 0 unspecified atom stereocenters. The highest BCUT2D eigenvalue weighted by Gasteiger charge is 2.30. The summed E-state index contributed by atoms with van der Waals surface area (Å²) in [4.78, 5) is 14.8. The third-order valence-corrected chi connectivity index (χ3v) is 6.13. The number of hydrogen-bond donors (Lipinski definition) is 1. The summed E-state index contributed by atoms with van der Waals surface area (Å²) < 4.78 is 5.64. The van der Waals surface area contributed by atoms with Gasteiger partial charge in [0, 0.05) is 15.7 Å². The third kappa shape index (κ3) is 4.73. The van der Waals surface area contributed by atoms with Gasteiger partial charge in [-0.1, -0.05) is 53.9 Å². The number of carbonyl (C=O) groups excluding carboxylic acids is 1. The molecule has 1 amide bonds. The Balaban J connectivity index is 1.41. The van der Waals surface area contributed by atoms with Crippen molar-refractivity contribution < 1.29 is 9.21 Å². The largest absolute Gasteiger partial charge is 0.416 e. The molecule has 2 aromatic carbocycles. The zero-order valence-corrected chi connectivity index (χ0v) is 16.4. The maximum Gasteiger partial charge on any atom is 0.277 e. The Morgan fingerprint density at radius 1 is 1.11 bits per heavy atom. The van der Waals surface area contributed by atoms with E-state index < -0.39 is 0 Å². The van der Waals surface area contributed by atoms with E-state index in [-0.39, 0.29) is 11.2 Å². The van der Waals surface area contributed by atoms with Crippen LogP contribution < -0.4 is 5.32 Å². The van der Waals surface area contributed by atoms with E-state index in [9.17, 15) is 4.79 Å². The van der Waals surface area contributed by atoms with Crippen LogP contribution in [-0.4, -0.2) is 21.4 Å². The molecule has 0 bridgehead atoms. The average Bonchev–Trinajstić information content (AvgIpc) is 3.43. The van der Waals surface area contributed by atoms with E-state index in [1.54, 1.807) is 11.8 Å². The molecule has 0 radical (unpaired) electrons. The van der Waals surface area contributed by atoms with Gasteiger partial charge in [0.25, 0.3) is 5.22 Å². The van der Waals surface area contributed by atoms with Gasteiger partial charge in [-0.05, 0) is 44.0 Å². The van der Waals surface area contributed by atoms with Gasteiger partial charge in [0.2, 0.25) is 11.8 Å². The summed E-state index contributed by atoms with van der Waals surface area (Å²) in [6, 6.07) is 17.9. The lowest BCUT2D eigenvalue weighted by molar-refractivity contribution is -0.115. The molecular weight excluding hydrogens is 378 g/mol. The predicted octanol–water partition coefficient (Wildman–Crippen LogP) is 5.22. The SMILES string of the molecule is C[C@@H](Sc1nnc(C2CC2)o1)C(=O)Nc1ccccc1Sc1ccccc1. The first-order valence-electron chi connectivity index (χ1n) is 8.82. The number of anilines is 1. The van der Waals surface area contributed by atoms with Gasteiger partial charge in [-0.25, -0.2) is 0 Å². The van der Waals surface area contributed by atoms with Crippen molar-refractivity contribution in [1.82, 2.24) is 10.2 Å². The van der Waals surface area contributed by atoms with Crippen LogP contribution in [0.3, 0.4) is 0 Å². The number of hydrogen-bond acceptors (Lipinski definition) is 6. The number of thioether (sulfide) groups is 1. The Morgan fingerprint density at radius 2 is 1.85 bits per heavy atom. The molecule has 0 aliphatic heterocycles. The molecular formula is C20H19N3O2S2. The molecule has 1 aromatic heterocycles. The first kappa shape index (κ1) is 18.1. The molecule has 3 aromatic rings. The minimum atomic E-state index is -0.340. The van der Waals surface area contributed by atoms with E-state index >= 15 is 0 Å². The normalized spacial score (nSPS) is 14.7. The van der Waals surface area contributed by atoms with Crippen LogP contribution in [0, 0.1) is 0 Å². The van der Waals surface area contributed by atoms with E-state index in [0.717, 1.165) is 28.3 Å². The molecule has 1 aliphatic rings. The zero-order valence-electron chi connectivity index (χ0n) is 14.8. The standard InChI is InChI=1S/C20H19N3O2S2/c1-13(26-20-23-22-19(25-20)14-11-12-14)18(24)21-16-9-5-6-10-17(16)27-15-7-3-2-4-8-15/h2-10,13-14H,11-12H2,1H3,(H,21,24)/t13-/m1/s1. The van der Waals surface area contributed by atoms with Crippen molar-refractivity contribution >= 4 is 35.1 Å². The lowest BCUT2D eigenvalue weighted by atomic mass is 10.3. The number of carbonyl (C=O) groups is 1. The minimum absolute atomic E-state index is 0.0905. The highest BCUT2D eigenvalue weighted by Crippen LogP contribution is 2.40. The quantitative estimate of drug-likeness (QED) is 0.552. The monoisotopic (exact) mass is 397 g/mol. The summed E-state index contributed by atoms with van der Waals surface area (Å²) in [6.07, 6.45) is 2.22. The van der Waals surface area contributed by atoms with Crippen LogP contribution in [0.4, 0.5) is 5.69 Å². The van der Waals surface area contributed by atoms with Crippen LogP contribution in [-0.2, 0) is 4.79 Å². The second-order valence-corrected chi connectivity index (χ2v) is 8.75. The van der Waals surface area contributed by atoms with Gasteiger partial charge in [-0.2, -0.15) is 0 Å². The Kier molecular flexibility index (Phi) is 5.50. The Morgan fingerprint density at radius 3 is 2.63 bits per heavy atom. The second kappa shape index (κ2) is 8.19. The van der Waals surface area contributed by atoms with E-state index in [2.05, 4.69) is 27.6 Å². The van der Waals surface area contributed by atoms with Gasteiger partial charge in [0.1, 0.15) is 0 Å². The number of nitrogens with one attached hydrogen (secondary N) is 1. The fourth-order valence-electron chi connectivity index (χ4n) is 2.48.